The summed E-state index contributed by atoms with van der Waals surface area (Å²) in [5, 5.41) is 8.76. The van der Waals surface area contributed by atoms with Gasteiger partial charge in [-0.3, -0.25) is 0 Å². The van der Waals surface area contributed by atoms with Crippen molar-refractivity contribution < 1.29 is 8.42 Å². The Kier molecular flexibility index (Phi) is 6.17. The molecule has 6 heteroatoms. The zero-order chi connectivity index (χ0) is 16.9. The third-order valence-corrected chi connectivity index (χ3v) is 5.90. The molecule has 1 aliphatic heterocycles. The molecule has 5 nitrogen and oxygen atoms in total. The van der Waals surface area contributed by atoms with E-state index < -0.39 is 10.0 Å². The number of sulfonamides is 1. The van der Waals surface area contributed by atoms with Crippen LogP contribution >= 0.6 is 0 Å². The second-order valence-electron chi connectivity index (χ2n) is 6.42. The van der Waals surface area contributed by atoms with Gasteiger partial charge in [-0.1, -0.05) is 0 Å². The van der Waals surface area contributed by atoms with Crippen molar-refractivity contribution in [3.05, 3.63) is 29.8 Å². The van der Waals surface area contributed by atoms with E-state index in [1.807, 2.05) is 6.07 Å². The quantitative estimate of drug-likeness (QED) is 0.866. The normalized spacial score (nSPS) is 19.7. The maximum absolute atomic E-state index is 12.2. The lowest BCUT2D eigenvalue weighted by Gasteiger charge is -2.35. The summed E-state index contributed by atoms with van der Waals surface area (Å²) in [5.74, 6) is 0.551. The zero-order valence-electron chi connectivity index (χ0n) is 13.8. The highest BCUT2D eigenvalue weighted by Gasteiger charge is 2.22. The molecule has 1 heterocycles. The molecule has 0 amide bonds. The molecule has 0 spiro atoms. The highest BCUT2D eigenvalue weighted by Crippen LogP contribution is 2.21. The van der Waals surface area contributed by atoms with Crippen LogP contribution in [0.5, 0.6) is 0 Å². The van der Waals surface area contributed by atoms with E-state index in [9.17, 15) is 8.42 Å². The molecule has 126 valence electrons. The summed E-state index contributed by atoms with van der Waals surface area (Å²) in [4.78, 5) is 2.67. The van der Waals surface area contributed by atoms with Crippen molar-refractivity contribution in [2.45, 2.75) is 44.0 Å². The number of nitriles is 1. The van der Waals surface area contributed by atoms with Crippen LogP contribution in [0.1, 0.15) is 38.7 Å². The van der Waals surface area contributed by atoms with Gasteiger partial charge in [-0.2, -0.15) is 5.26 Å². The number of benzene rings is 1. The van der Waals surface area contributed by atoms with Crippen LogP contribution in [-0.4, -0.2) is 39.0 Å². The molecule has 0 saturated carbocycles. The van der Waals surface area contributed by atoms with Gasteiger partial charge in [0.25, 0.3) is 0 Å². The maximum atomic E-state index is 12.2. The van der Waals surface area contributed by atoms with E-state index in [1.54, 1.807) is 0 Å². The predicted octanol–water partition coefficient (Wildman–Crippen LogP) is 2.35. The molecule has 0 aliphatic carbocycles. The number of hydrogen-bond donors (Lipinski definition) is 1. The van der Waals surface area contributed by atoms with Crippen molar-refractivity contribution in [1.29, 1.82) is 5.26 Å². The third kappa shape index (κ3) is 5.03. The number of piperidine rings is 1. The van der Waals surface area contributed by atoms with Gasteiger partial charge in [0, 0.05) is 19.1 Å². The van der Waals surface area contributed by atoms with Gasteiger partial charge in [-0.15, -0.1) is 0 Å². The van der Waals surface area contributed by atoms with Gasteiger partial charge in [0.2, 0.25) is 10.0 Å². The zero-order valence-corrected chi connectivity index (χ0v) is 14.6. The topological polar surface area (TPSA) is 73.2 Å². The molecule has 0 radical (unpaired) electrons. The number of rotatable bonds is 6. The minimum Gasteiger partial charge on any atom is -0.301 e. The van der Waals surface area contributed by atoms with Gasteiger partial charge >= 0.3 is 0 Å². The van der Waals surface area contributed by atoms with Crippen LogP contribution in [0, 0.1) is 17.2 Å². The Morgan fingerprint density at radius 3 is 2.65 bits per heavy atom. The van der Waals surface area contributed by atoms with Crippen molar-refractivity contribution >= 4 is 10.0 Å². The molecule has 1 unspecified atom stereocenters. The smallest absolute Gasteiger partial charge is 0.240 e. The number of nitrogens with zero attached hydrogens (tertiary/aromatic N) is 2. The first-order chi connectivity index (χ1) is 10.9. The molecule has 1 N–H and O–H groups in total. The van der Waals surface area contributed by atoms with Gasteiger partial charge < -0.3 is 4.90 Å². The standard InChI is InChI=1S/C17H25N3O2S/c1-14(2)20-11-3-4-16(13-20)9-10-19-23(21,22)17-7-5-15(12-18)6-8-17/h5-8,14,16,19H,3-4,9-11,13H2,1-2H3. The number of nitrogens with one attached hydrogen (secondary N) is 1. The lowest BCUT2D eigenvalue weighted by Crippen LogP contribution is -2.40. The first-order valence-corrected chi connectivity index (χ1v) is 9.64. The molecule has 1 fully saturated rings. The Labute approximate surface area is 139 Å². The Morgan fingerprint density at radius 2 is 2.04 bits per heavy atom. The van der Waals surface area contributed by atoms with E-state index in [1.165, 1.54) is 37.1 Å². The van der Waals surface area contributed by atoms with Crippen molar-refractivity contribution in [2.24, 2.45) is 5.92 Å². The van der Waals surface area contributed by atoms with Gasteiger partial charge in [0.1, 0.15) is 0 Å². The summed E-state index contributed by atoms with van der Waals surface area (Å²) < 4.78 is 27.2. The Hall–Kier alpha value is -1.42. The van der Waals surface area contributed by atoms with Gasteiger partial charge in [0.15, 0.2) is 0 Å². The minimum absolute atomic E-state index is 0.212. The predicted molar refractivity (Wildman–Crippen MR) is 90.4 cm³/mol. The Morgan fingerprint density at radius 1 is 1.35 bits per heavy atom. The Bertz CT molecular complexity index is 647. The van der Waals surface area contributed by atoms with E-state index in [4.69, 9.17) is 5.26 Å². The second-order valence-corrected chi connectivity index (χ2v) is 8.19. The molecule has 23 heavy (non-hydrogen) atoms. The van der Waals surface area contributed by atoms with Crippen LogP contribution in [-0.2, 0) is 10.0 Å². The van der Waals surface area contributed by atoms with Crippen LogP contribution in [0.3, 0.4) is 0 Å². The third-order valence-electron chi connectivity index (χ3n) is 4.42. The molecular weight excluding hydrogens is 310 g/mol. The van der Waals surface area contributed by atoms with Gasteiger partial charge in [-0.05, 0) is 69.8 Å². The largest absolute Gasteiger partial charge is 0.301 e. The summed E-state index contributed by atoms with van der Waals surface area (Å²) in [5.41, 5.74) is 0.458. The summed E-state index contributed by atoms with van der Waals surface area (Å²) in [6.07, 6.45) is 3.21. The number of hydrogen-bond acceptors (Lipinski definition) is 4. The fraction of sp³-hybridized carbons (Fsp3) is 0.588. The molecule has 1 saturated heterocycles. The number of likely N-dealkylation sites (tertiary alicyclic amines) is 1. The van der Waals surface area contributed by atoms with E-state index in [0.717, 1.165) is 19.5 Å². The molecule has 2 rings (SSSR count). The van der Waals surface area contributed by atoms with Crippen LogP contribution in [0.2, 0.25) is 0 Å². The highest BCUT2D eigenvalue weighted by molar-refractivity contribution is 7.89. The van der Waals surface area contributed by atoms with Crippen LogP contribution in [0.4, 0.5) is 0 Å². The average molecular weight is 335 g/mol. The minimum atomic E-state index is -3.49. The molecule has 1 aromatic carbocycles. The van der Waals surface area contributed by atoms with E-state index in [-0.39, 0.29) is 4.90 Å². The monoisotopic (exact) mass is 335 g/mol. The van der Waals surface area contributed by atoms with Crippen LogP contribution in [0.25, 0.3) is 0 Å². The van der Waals surface area contributed by atoms with Crippen LogP contribution in [0.15, 0.2) is 29.2 Å². The van der Waals surface area contributed by atoms with Crippen molar-refractivity contribution in [3.8, 4) is 6.07 Å². The summed E-state index contributed by atoms with van der Waals surface area (Å²) in [6.45, 7) is 7.06. The van der Waals surface area contributed by atoms with E-state index >= 15 is 0 Å². The molecule has 0 aromatic heterocycles. The Balaban J connectivity index is 1.86. The first kappa shape index (κ1) is 17.9. The van der Waals surface area contributed by atoms with Crippen molar-refractivity contribution in [1.82, 2.24) is 9.62 Å². The SMILES string of the molecule is CC(C)N1CCCC(CCNS(=O)(=O)c2ccc(C#N)cc2)C1. The summed E-state index contributed by atoms with van der Waals surface area (Å²) in [7, 11) is -3.49. The average Bonchev–Trinajstić information content (AvgIpc) is 2.55. The second kappa shape index (κ2) is 7.91. The molecule has 0 bridgehead atoms. The van der Waals surface area contributed by atoms with Gasteiger partial charge in [-0.25, -0.2) is 13.1 Å². The molecule has 1 aromatic rings. The fourth-order valence-corrected chi connectivity index (χ4v) is 4.04. The summed E-state index contributed by atoms with van der Waals surface area (Å²) in [6, 6.07) is 8.53. The van der Waals surface area contributed by atoms with Gasteiger partial charge in [0.05, 0.1) is 16.5 Å². The molecular formula is C17H25N3O2S. The molecule has 1 aliphatic rings. The van der Waals surface area contributed by atoms with Crippen molar-refractivity contribution in [3.63, 3.8) is 0 Å². The van der Waals surface area contributed by atoms with E-state index in [0.29, 0.717) is 24.1 Å². The van der Waals surface area contributed by atoms with E-state index in [2.05, 4.69) is 23.5 Å². The van der Waals surface area contributed by atoms with Crippen molar-refractivity contribution in [2.75, 3.05) is 19.6 Å². The van der Waals surface area contributed by atoms with Crippen LogP contribution < -0.4 is 4.72 Å². The fourth-order valence-electron chi connectivity index (χ4n) is 2.99. The summed E-state index contributed by atoms with van der Waals surface area (Å²) >= 11 is 0. The lowest BCUT2D eigenvalue weighted by molar-refractivity contribution is 0.136. The molecule has 1 atom stereocenters. The lowest BCUT2D eigenvalue weighted by atomic mass is 9.94. The first-order valence-electron chi connectivity index (χ1n) is 8.16. The highest BCUT2D eigenvalue weighted by atomic mass is 32.2. The maximum Gasteiger partial charge on any atom is 0.240 e.